The quantitative estimate of drug-likeness (QED) is 0.875. The molecule has 0 spiro atoms. The number of halogens is 2. The Morgan fingerprint density at radius 1 is 1.10 bits per heavy atom. The van der Waals surface area contributed by atoms with Gasteiger partial charge in [0.05, 0.1) is 12.1 Å². The number of hydrogen-bond acceptors (Lipinski definition) is 2. The molecule has 0 fully saturated rings. The van der Waals surface area contributed by atoms with Crippen LogP contribution in [0.15, 0.2) is 48.5 Å². The highest BCUT2D eigenvalue weighted by atomic mass is 35.5. The van der Waals surface area contributed by atoms with Gasteiger partial charge in [-0.1, -0.05) is 53.5 Å². The highest BCUT2D eigenvalue weighted by Gasteiger charge is 2.27. The average Bonchev–Trinajstić information content (AvgIpc) is 2.48. The summed E-state index contributed by atoms with van der Waals surface area (Å²) in [6.07, 6.45) is 0. The molecule has 0 aliphatic heterocycles. The van der Waals surface area contributed by atoms with Crippen LogP contribution < -0.4 is 5.32 Å². The Morgan fingerprint density at radius 2 is 1.80 bits per heavy atom. The Labute approximate surface area is 129 Å². The third kappa shape index (κ3) is 3.53. The van der Waals surface area contributed by atoms with Gasteiger partial charge in [0.1, 0.15) is 0 Å². The summed E-state index contributed by atoms with van der Waals surface area (Å²) in [5, 5.41) is 14.3. The molecule has 0 saturated heterocycles. The van der Waals surface area contributed by atoms with E-state index in [1.807, 2.05) is 37.3 Å². The lowest BCUT2D eigenvalue weighted by molar-refractivity contribution is 0.173. The molecule has 2 rings (SSSR count). The molecule has 2 aromatic carbocycles. The van der Waals surface area contributed by atoms with Crippen LogP contribution in [-0.2, 0) is 12.1 Å². The molecule has 0 heterocycles. The van der Waals surface area contributed by atoms with Crippen molar-refractivity contribution in [1.29, 1.82) is 0 Å². The SMILES string of the molecule is CC(CO)(NCc1ccccc1)c1cc(Cl)ccc1Cl. The first-order chi connectivity index (χ1) is 9.55. The molecule has 0 aliphatic carbocycles. The molecule has 1 unspecified atom stereocenters. The predicted molar refractivity (Wildman–Crippen MR) is 84.2 cm³/mol. The van der Waals surface area contributed by atoms with Crippen molar-refractivity contribution in [2.45, 2.75) is 19.0 Å². The fraction of sp³-hybridized carbons (Fsp3) is 0.250. The first-order valence-electron chi connectivity index (χ1n) is 6.40. The maximum absolute atomic E-state index is 9.77. The summed E-state index contributed by atoms with van der Waals surface area (Å²) in [7, 11) is 0. The van der Waals surface area contributed by atoms with Crippen molar-refractivity contribution < 1.29 is 5.11 Å². The van der Waals surface area contributed by atoms with Crippen molar-refractivity contribution in [3.8, 4) is 0 Å². The zero-order valence-electron chi connectivity index (χ0n) is 11.2. The summed E-state index contributed by atoms with van der Waals surface area (Å²) in [6, 6.07) is 15.3. The van der Waals surface area contributed by atoms with E-state index >= 15 is 0 Å². The second-order valence-corrected chi connectivity index (χ2v) is 5.80. The number of hydrogen-bond donors (Lipinski definition) is 2. The van der Waals surface area contributed by atoms with Gasteiger partial charge in [0, 0.05) is 16.6 Å². The van der Waals surface area contributed by atoms with E-state index < -0.39 is 5.54 Å². The van der Waals surface area contributed by atoms with Crippen LogP contribution in [0.3, 0.4) is 0 Å². The summed E-state index contributed by atoms with van der Waals surface area (Å²) in [5.74, 6) is 0. The minimum Gasteiger partial charge on any atom is -0.394 e. The normalized spacial score (nSPS) is 14.0. The summed E-state index contributed by atoms with van der Waals surface area (Å²) in [6.45, 7) is 2.48. The zero-order chi connectivity index (χ0) is 14.6. The van der Waals surface area contributed by atoms with Gasteiger partial charge in [0.25, 0.3) is 0 Å². The van der Waals surface area contributed by atoms with E-state index in [0.717, 1.165) is 11.1 Å². The minimum absolute atomic E-state index is 0.0695. The second kappa shape index (κ2) is 6.59. The molecule has 2 aromatic rings. The standard InChI is InChI=1S/C16H17Cl2NO/c1-16(11-20,14-9-13(17)7-8-15(14)18)19-10-12-5-3-2-4-6-12/h2-9,19-20H,10-11H2,1H3. The number of aliphatic hydroxyl groups excluding tert-OH is 1. The molecule has 20 heavy (non-hydrogen) atoms. The molecule has 2 N–H and O–H groups in total. The van der Waals surface area contributed by atoms with Gasteiger partial charge in [-0.15, -0.1) is 0 Å². The number of benzene rings is 2. The van der Waals surface area contributed by atoms with Gasteiger partial charge >= 0.3 is 0 Å². The number of nitrogens with one attached hydrogen (secondary N) is 1. The molecule has 0 radical (unpaired) electrons. The van der Waals surface area contributed by atoms with Crippen molar-refractivity contribution in [1.82, 2.24) is 5.32 Å². The van der Waals surface area contributed by atoms with Crippen molar-refractivity contribution in [3.63, 3.8) is 0 Å². The molecule has 1 atom stereocenters. The Bertz CT molecular complexity index is 574. The Hall–Kier alpha value is -1.06. The van der Waals surface area contributed by atoms with Crippen LogP contribution in [0.2, 0.25) is 10.0 Å². The van der Waals surface area contributed by atoms with Crippen LogP contribution >= 0.6 is 23.2 Å². The fourth-order valence-electron chi connectivity index (χ4n) is 2.05. The van der Waals surface area contributed by atoms with Crippen LogP contribution in [0, 0.1) is 0 Å². The number of aliphatic hydroxyl groups is 1. The lowest BCUT2D eigenvalue weighted by atomic mass is 9.92. The van der Waals surface area contributed by atoms with E-state index in [1.54, 1.807) is 18.2 Å². The monoisotopic (exact) mass is 309 g/mol. The molecule has 0 amide bonds. The summed E-state index contributed by atoms with van der Waals surface area (Å²) < 4.78 is 0. The lowest BCUT2D eigenvalue weighted by Crippen LogP contribution is -2.42. The van der Waals surface area contributed by atoms with Crippen molar-refractivity contribution in [2.75, 3.05) is 6.61 Å². The second-order valence-electron chi connectivity index (χ2n) is 4.95. The smallest absolute Gasteiger partial charge is 0.0658 e. The summed E-state index contributed by atoms with van der Waals surface area (Å²) in [4.78, 5) is 0. The molecule has 4 heteroatoms. The third-order valence-electron chi connectivity index (χ3n) is 3.36. The van der Waals surface area contributed by atoms with Crippen LogP contribution in [0.5, 0.6) is 0 Å². The van der Waals surface area contributed by atoms with Gasteiger partial charge in [-0.25, -0.2) is 0 Å². The maximum Gasteiger partial charge on any atom is 0.0658 e. The van der Waals surface area contributed by atoms with Gasteiger partial charge in [-0.05, 0) is 36.2 Å². The van der Waals surface area contributed by atoms with Crippen LogP contribution in [0.25, 0.3) is 0 Å². The van der Waals surface area contributed by atoms with E-state index in [4.69, 9.17) is 23.2 Å². The third-order valence-corrected chi connectivity index (χ3v) is 3.93. The molecule has 2 nitrogen and oxygen atoms in total. The van der Waals surface area contributed by atoms with E-state index in [2.05, 4.69) is 5.32 Å². The number of rotatable bonds is 5. The minimum atomic E-state index is -0.641. The van der Waals surface area contributed by atoms with Crippen LogP contribution in [0.1, 0.15) is 18.1 Å². The largest absolute Gasteiger partial charge is 0.394 e. The van der Waals surface area contributed by atoms with Gasteiger partial charge in [-0.2, -0.15) is 0 Å². The highest BCUT2D eigenvalue weighted by Crippen LogP contribution is 2.30. The summed E-state index contributed by atoms with van der Waals surface area (Å²) >= 11 is 12.3. The van der Waals surface area contributed by atoms with Crippen LogP contribution in [-0.4, -0.2) is 11.7 Å². The lowest BCUT2D eigenvalue weighted by Gasteiger charge is -2.30. The zero-order valence-corrected chi connectivity index (χ0v) is 12.7. The summed E-state index contributed by atoms with van der Waals surface area (Å²) in [5.41, 5.74) is 1.30. The molecule has 106 valence electrons. The highest BCUT2D eigenvalue weighted by molar-refractivity contribution is 6.33. The average molecular weight is 310 g/mol. The fourth-order valence-corrected chi connectivity index (χ4v) is 2.55. The molecular weight excluding hydrogens is 293 g/mol. The Kier molecular flexibility index (Phi) is 5.06. The van der Waals surface area contributed by atoms with E-state index in [0.29, 0.717) is 16.6 Å². The predicted octanol–water partition coefficient (Wildman–Crippen LogP) is 3.99. The molecular formula is C16H17Cl2NO. The maximum atomic E-state index is 9.77. The van der Waals surface area contributed by atoms with E-state index in [1.165, 1.54) is 0 Å². The first-order valence-corrected chi connectivity index (χ1v) is 7.16. The van der Waals surface area contributed by atoms with Gasteiger partial charge in [0.2, 0.25) is 0 Å². The van der Waals surface area contributed by atoms with Crippen molar-refractivity contribution in [3.05, 3.63) is 69.7 Å². The Balaban J connectivity index is 2.22. The molecule has 0 aliphatic rings. The first kappa shape index (κ1) is 15.3. The van der Waals surface area contributed by atoms with E-state index in [9.17, 15) is 5.11 Å². The van der Waals surface area contributed by atoms with Crippen LogP contribution in [0.4, 0.5) is 0 Å². The van der Waals surface area contributed by atoms with Gasteiger partial charge in [-0.3, -0.25) is 0 Å². The Morgan fingerprint density at radius 3 is 2.45 bits per heavy atom. The molecule has 0 saturated carbocycles. The van der Waals surface area contributed by atoms with Gasteiger partial charge in [0.15, 0.2) is 0 Å². The topological polar surface area (TPSA) is 32.3 Å². The molecule has 0 bridgehead atoms. The molecule has 0 aromatic heterocycles. The van der Waals surface area contributed by atoms with E-state index in [-0.39, 0.29) is 6.61 Å². The van der Waals surface area contributed by atoms with Crippen molar-refractivity contribution >= 4 is 23.2 Å². The van der Waals surface area contributed by atoms with Gasteiger partial charge < -0.3 is 10.4 Å². The van der Waals surface area contributed by atoms with Crippen molar-refractivity contribution in [2.24, 2.45) is 0 Å².